The van der Waals surface area contributed by atoms with Crippen molar-refractivity contribution in [1.82, 2.24) is 15.2 Å². The van der Waals surface area contributed by atoms with Crippen LogP contribution in [0.5, 0.6) is 5.75 Å². The van der Waals surface area contributed by atoms with Crippen molar-refractivity contribution in [2.45, 2.75) is 38.5 Å². The Labute approximate surface area is 253 Å². The van der Waals surface area contributed by atoms with Crippen molar-refractivity contribution in [2.24, 2.45) is 23.2 Å². The Hall–Kier alpha value is -4.31. The molecule has 4 bridgehead atoms. The number of hydrogen-bond donors (Lipinski definition) is 2. The maximum Gasteiger partial charge on any atom is 0.255 e. The molecule has 220 valence electrons. The highest BCUT2D eigenvalue weighted by molar-refractivity contribution is 5.95. The normalized spacial score (nSPS) is 25.6. The molecule has 0 atom stereocenters. The molecule has 2 heterocycles. The predicted octanol–water partition coefficient (Wildman–Crippen LogP) is 5.10. The van der Waals surface area contributed by atoms with E-state index in [1.807, 2.05) is 35.2 Å². The maximum atomic E-state index is 13.2. The van der Waals surface area contributed by atoms with Crippen LogP contribution < -0.4 is 10.2 Å². The van der Waals surface area contributed by atoms with Gasteiger partial charge in [-0.2, -0.15) is 0 Å². The number of anilines is 1. The summed E-state index contributed by atoms with van der Waals surface area (Å²) in [7, 11) is 0. The van der Waals surface area contributed by atoms with Gasteiger partial charge in [0.2, 0.25) is 0 Å². The van der Waals surface area contributed by atoms with Gasteiger partial charge < -0.3 is 20.2 Å². The van der Waals surface area contributed by atoms with Crippen LogP contribution in [0, 0.1) is 35.0 Å². The van der Waals surface area contributed by atoms with E-state index in [0.29, 0.717) is 53.8 Å². The minimum Gasteiger partial charge on any atom is -0.508 e. The molecule has 1 aliphatic heterocycles. The average Bonchev–Trinajstić information content (AvgIpc) is 3.02. The van der Waals surface area contributed by atoms with Gasteiger partial charge in [-0.3, -0.25) is 14.6 Å². The minimum atomic E-state index is -0.0563. The van der Waals surface area contributed by atoms with Gasteiger partial charge in [-0.05, 0) is 110 Å². The van der Waals surface area contributed by atoms with Crippen LogP contribution in [-0.4, -0.2) is 59.5 Å². The number of amides is 2. The summed E-state index contributed by atoms with van der Waals surface area (Å²) in [5.41, 5.74) is 3.96. The van der Waals surface area contributed by atoms with Crippen molar-refractivity contribution in [1.29, 1.82) is 0 Å². The van der Waals surface area contributed by atoms with Crippen LogP contribution in [0.1, 0.15) is 70.4 Å². The number of piperazine rings is 1. The van der Waals surface area contributed by atoms with Gasteiger partial charge in [-0.25, -0.2) is 0 Å². The van der Waals surface area contributed by atoms with Crippen molar-refractivity contribution in [3.63, 3.8) is 0 Å². The summed E-state index contributed by atoms with van der Waals surface area (Å²) in [5, 5.41) is 12.9. The molecule has 2 aromatic carbocycles. The summed E-state index contributed by atoms with van der Waals surface area (Å²) in [6.07, 6.45) is 11.4. The second-order valence-corrected chi connectivity index (χ2v) is 13.2. The van der Waals surface area contributed by atoms with E-state index in [-0.39, 0.29) is 17.6 Å². The first kappa shape index (κ1) is 27.5. The SMILES string of the molecule is O=C(NCC12CC3CC(CC(C3)C1)C2)c1ccc(N2CCN(C(=O)c3cncc(C#Cc4cccc(O)c4)c3)CC2)cc1. The molecule has 2 amide bonds. The molecule has 43 heavy (non-hydrogen) atoms. The first-order valence-corrected chi connectivity index (χ1v) is 15.6. The molecule has 0 radical (unpaired) electrons. The van der Waals surface area contributed by atoms with Crippen molar-refractivity contribution in [3.05, 3.63) is 89.2 Å². The number of phenolic OH excluding ortho intramolecular Hbond substituents is 1. The van der Waals surface area contributed by atoms with E-state index in [9.17, 15) is 14.7 Å². The minimum absolute atomic E-state index is 0.0279. The van der Waals surface area contributed by atoms with Crippen LogP contribution in [0.3, 0.4) is 0 Å². The molecule has 4 saturated carbocycles. The molecule has 2 N–H and O–H groups in total. The van der Waals surface area contributed by atoms with Crippen LogP contribution >= 0.6 is 0 Å². The Morgan fingerprint density at radius 3 is 2.19 bits per heavy atom. The molecule has 7 nitrogen and oxygen atoms in total. The lowest BCUT2D eigenvalue weighted by Gasteiger charge is -2.56. The third kappa shape index (κ3) is 5.97. The standard InChI is InChI=1S/C36H38N4O3/c41-33-3-1-2-25(18-33)4-5-26-17-31(23-37-22-26)35(43)40-12-10-39(11-13-40)32-8-6-30(7-9-32)34(42)38-24-36-19-27-14-28(20-36)16-29(15-27)21-36/h1-3,6-9,17-18,22-23,27-29,41H,10-16,19-21,24H2,(H,38,42). The van der Waals surface area contributed by atoms with E-state index in [1.54, 1.807) is 36.7 Å². The number of nitrogens with zero attached hydrogens (tertiary/aromatic N) is 3. The lowest BCUT2D eigenvalue weighted by Crippen LogP contribution is -2.51. The van der Waals surface area contributed by atoms with Crippen molar-refractivity contribution in [3.8, 4) is 17.6 Å². The zero-order chi connectivity index (χ0) is 29.4. The Bertz CT molecular complexity index is 1540. The Morgan fingerprint density at radius 2 is 1.51 bits per heavy atom. The number of carbonyl (C=O) groups excluding carboxylic acids is 2. The zero-order valence-corrected chi connectivity index (χ0v) is 24.5. The van der Waals surface area contributed by atoms with E-state index in [1.165, 1.54) is 38.5 Å². The Kier molecular flexibility index (Phi) is 7.30. The van der Waals surface area contributed by atoms with Crippen LogP contribution in [0.2, 0.25) is 0 Å². The van der Waals surface area contributed by atoms with Gasteiger partial charge in [0, 0.05) is 67.5 Å². The molecule has 5 fully saturated rings. The summed E-state index contributed by atoms with van der Waals surface area (Å²) in [4.78, 5) is 34.6. The fourth-order valence-electron chi connectivity index (χ4n) is 8.40. The smallest absolute Gasteiger partial charge is 0.255 e. The van der Waals surface area contributed by atoms with Gasteiger partial charge in [-0.1, -0.05) is 17.9 Å². The lowest BCUT2D eigenvalue weighted by atomic mass is 9.49. The summed E-state index contributed by atoms with van der Waals surface area (Å²) >= 11 is 0. The largest absolute Gasteiger partial charge is 0.508 e. The molecule has 1 saturated heterocycles. The molecule has 4 aliphatic carbocycles. The Morgan fingerprint density at radius 1 is 0.837 bits per heavy atom. The number of aromatic hydroxyl groups is 1. The van der Waals surface area contributed by atoms with Crippen LogP contribution in [0.25, 0.3) is 0 Å². The molecule has 0 spiro atoms. The number of hydrogen-bond acceptors (Lipinski definition) is 5. The first-order chi connectivity index (χ1) is 20.9. The predicted molar refractivity (Wildman–Crippen MR) is 166 cm³/mol. The van der Waals surface area contributed by atoms with Crippen LogP contribution in [-0.2, 0) is 0 Å². The quantitative estimate of drug-likeness (QED) is 0.415. The number of phenols is 1. The molecule has 0 unspecified atom stereocenters. The van der Waals surface area contributed by atoms with Crippen molar-refractivity contribution < 1.29 is 14.7 Å². The molecule has 5 aliphatic rings. The van der Waals surface area contributed by atoms with Crippen molar-refractivity contribution >= 4 is 17.5 Å². The number of aromatic nitrogens is 1. The summed E-state index contributed by atoms with van der Waals surface area (Å²) in [5.74, 6) is 8.83. The molecule has 3 aromatic rings. The van der Waals surface area contributed by atoms with Gasteiger partial charge in [0.05, 0.1) is 5.56 Å². The third-order valence-electron chi connectivity index (χ3n) is 10.0. The summed E-state index contributed by atoms with van der Waals surface area (Å²) in [6, 6.07) is 16.4. The van der Waals surface area contributed by atoms with Crippen LogP contribution in [0.15, 0.2) is 67.0 Å². The monoisotopic (exact) mass is 574 g/mol. The molecule has 8 rings (SSSR count). The van der Waals surface area contributed by atoms with E-state index < -0.39 is 0 Å². The third-order valence-corrected chi connectivity index (χ3v) is 10.0. The fourth-order valence-corrected chi connectivity index (χ4v) is 8.40. The molecular weight excluding hydrogens is 536 g/mol. The highest BCUT2D eigenvalue weighted by Gasteiger charge is 2.50. The Balaban J connectivity index is 0.918. The van der Waals surface area contributed by atoms with E-state index in [0.717, 1.165) is 30.0 Å². The second-order valence-electron chi connectivity index (χ2n) is 13.2. The number of benzene rings is 2. The second kappa shape index (κ2) is 11.4. The molecular formula is C36H38N4O3. The first-order valence-electron chi connectivity index (χ1n) is 15.6. The van der Waals surface area contributed by atoms with Gasteiger partial charge in [0.25, 0.3) is 11.8 Å². The van der Waals surface area contributed by atoms with Gasteiger partial charge in [0.1, 0.15) is 5.75 Å². The van der Waals surface area contributed by atoms with E-state index in [4.69, 9.17) is 0 Å². The molecule has 1 aromatic heterocycles. The van der Waals surface area contributed by atoms with E-state index in [2.05, 4.69) is 27.0 Å². The fraction of sp³-hybridized carbons (Fsp3) is 0.417. The maximum absolute atomic E-state index is 13.2. The van der Waals surface area contributed by atoms with Gasteiger partial charge in [0.15, 0.2) is 0 Å². The lowest BCUT2D eigenvalue weighted by molar-refractivity contribution is -0.0503. The number of nitrogens with one attached hydrogen (secondary N) is 1. The summed E-state index contributed by atoms with van der Waals surface area (Å²) in [6.45, 7) is 3.45. The topological polar surface area (TPSA) is 85.8 Å². The van der Waals surface area contributed by atoms with Crippen molar-refractivity contribution in [2.75, 3.05) is 37.6 Å². The molecule has 7 heteroatoms. The number of carbonyl (C=O) groups is 2. The van der Waals surface area contributed by atoms with Gasteiger partial charge in [-0.15, -0.1) is 0 Å². The number of pyridine rings is 1. The van der Waals surface area contributed by atoms with Crippen LogP contribution in [0.4, 0.5) is 5.69 Å². The number of rotatable bonds is 5. The highest BCUT2D eigenvalue weighted by Crippen LogP contribution is 2.59. The summed E-state index contributed by atoms with van der Waals surface area (Å²) < 4.78 is 0. The average molecular weight is 575 g/mol. The zero-order valence-electron chi connectivity index (χ0n) is 24.5. The van der Waals surface area contributed by atoms with E-state index >= 15 is 0 Å². The highest BCUT2D eigenvalue weighted by atomic mass is 16.3. The van der Waals surface area contributed by atoms with Gasteiger partial charge >= 0.3 is 0 Å².